The monoisotopic (exact) mass is 441 g/mol. The first-order valence-corrected chi connectivity index (χ1v) is 9.94. The number of hydrogen-bond acceptors (Lipinski definition) is 5. The third-order valence-electron chi connectivity index (χ3n) is 5.07. The smallest absolute Gasteiger partial charge is 0.407 e. The van der Waals surface area contributed by atoms with Crippen LogP contribution in [-0.4, -0.2) is 95.8 Å². The molecule has 0 atom stereocenters. The second kappa shape index (κ2) is 10.5. The highest BCUT2D eigenvalue weighted by atomic mass is 19.2. The molecule has 0 unspecified atom stereocenters. The lowest BCUT2D eigenvalue weighted by atomic mass is 10.2. The number of carbonyl (C=O) groups is 2. The molecular weight excluding hydrogens is 416 g/mol. The molecule has 31 heavy (non-hydrogen) atoms. The van der Waals surface area contributed by atoms with Crippen molar-refractivity contribution in [3.63, 3.8) is 0 Å². The maximum absolute atomic E-state index is 13.9. The summed E-state index contributed by atoms with van der Waals surface area (Å²) in [5.74, 6) is -2.36. The lowest BCUT2D eigenvalue weighted by Crippen LogP contribution is -2.50. The Morgan fingerprint density at radius 1 is 0.903 bits per heavy atom. The van der Waals surface area contributed by atoms with E-state index < -0.39 is 17.7 Å². The fraction of sp³-hybridized carbons (Fsp3) is 0.500. The van der Waals surface area contributed by atoms with Crippen molar-refractivity contribution < 1.29 is 38.1 Å². The molecule has 9 nitrogen and oxygen atoms in total. The van der Waals surface area contributed by atoms with E-state index in [1.54, 1.807) is 4.57 Å². The van der Waals surface area contributed by atoms with Gasteiger partial charge in [-0.15, -0.1) is 0 Å². The van der Waals surface area contributed by atoms with Crippen molar-refractivity contribution in [1.29, 1.82) is 0 Å². The van der Waals surface area contributed by atoms with Crippen LogP contribution in [-0.2, 0) is 16.0 Å². The van der Waals surface area contributed by atoms with Gasteiger partial charge in [0.25, 0.3) is 5.91 Å². The van der Waals surface area contributed by atoms with Gasteiger partial charge in [-0.3, -0.25) is 4.79 Å². The van der Waals surface area contributed by atoms with E-state index in [-0.39, 0.29) is 70.8 Å². The summed E-state index contributed by atoms with van der Waals surface area (Å²) in [6.07, 6.45) is -1.03. The van der Waals surface area contributed by atoms with Crippen molar-refractivity contribution in [2.24, 2.45) is 0 Å². The molecule has 0 bridgehead atoms. The van der Waals surface area contributed by atoms with Gasteiger partial charge in [-0.25, -0.2) is 13.6 Å². The van der Waals surface area contributed by atoms with Crippen LogP contribution in [0.4, 0.5) is 13.6 Å². The first-order valence-electron chi connectivity index (χ1n) is 9.94. The SMILES string of the molecule is O=C(O)N1CCN(C(=O)c2cc3cc(F)c(F)cc3n2CCOCCOCCO)CC1. The van der Waals surface area contributed by atoms with E-state index in [1.807, 2.05) is 0 Å². The van der Waals surface area contributed by atoms with Gasteiger partial charge in [0.15, 0.2) is 11.6 Å². The molecule has 2 N–H and O–H groups in total. The van der Waals surface area contributed by atoms with Crippen molar-refractivity contribution >= 4 is 22.9 Å². The van der Waals surface area contributed by atoms with Crippen LogP contribution >= 0.6 is 0 Å². The predicted molar refractivity (Wildman–Crippen MR) is 106 cm³/mol. The number of amides is 2. The van der Waals surface area contributed by atoms with E-state index in [1.165, 1.54) is 15.9 Å². The Hall–Kier alpha value is -2.76. The van der Waals surface area contributed by atoms with Gasteiger partial charge >= 0.3 is 6.09 Å². The number of ether oxygens (including phenoxy) is 2. The van der Waals surface area contributed by atoms with Crippen molar-refractivity contribution in [1.82, 2.24) is 14.4 Å². The zero-order chi connectivity index (χ0) is 22.4. The first kappa shape index (κ1) is 22.9. The largest absolute Gasteiger partial charge is 0.465 e. The molecule has 1 fully saturated rings. The number of carboxylic acid groups (broad SMARTS) is 1. The fourth-order valence-electron chi connectivity index (χ4n) is 3.48. The number of carbonyl (C=O) groups excluding carboxylic acids is 1. The van der Waals surface area contributed by atoms with E-state index in [9.17, 15) is 18.4 Å². The summed E-state index contributed by atoms with van der Waals surface area (Å²) in [5, 5.41) is 18.1. The third kappa shape index (κ3) is 5.49. The van der Waals surface area contributed by atoms with Crippen LogP contribution < -0.4 is 0 Å². The van der Waals surface area contributed by atoms with Crippen LogP contribution in [0.25, 0.3) is 10.9 Å². The summed E-state index contributed by atoms with van der Waals surface area (Å²) in [4.78, 5) is 27.0. The van der Waals surface area contributed by atoms with E-state index in [0.717, 1.165) is 12.1 Å². The summed E-state index contributed by atoms with van der Waals surface area (Å²) in [6, 6.07) is 3.60. The molecule has 170 valence electrons. The topological polar surface area (TPSA) is 104 Å². The van der Waals surface area contributed by atoms with Crippen molar-refractivity contribution in [2.75, 3.05) is 59.2 Å². The highest BCUT2D eigenvalue weighted by molar-refractivity contribution is 5.99. The molecule has 1 saturated heterocycles. The van der Waals surface area contributed by atoms with Crippen LogP contribution in [0.1, 0.15) is 10.5 Å². The van der Waals surface area contributed by atoms with Gasteiger partial charge in [0.1, 0.15) is 5.69 Å². The summed E-state index contributed by atoms with van der Waals surface area (Å²) in [5.41, 5.74) is 0.621. The van der Waals surface area contributed by atoms with E-state index in [2.05, 4.69) is 0 Å². The average Bonchev–Trinajstić information content (AvgIpc) is 3.10. The maximum atomic E-state index is 13.9. The van der Waals surface area contributed by atoms with Gasteiger partial charge < -0.3 is 34.1 Å². The molecule has 0 radical (unpaired) electrons. The van der Waals surface area contributed by atoms with Gasteiger partial charge in [-0.2, -0.15) is 0 Å². The van der Waals surface area contributed by atoms with Gasteiger partial charge in [-0.05, 0) is 12.1 Å². The molecule has 2 heterocycles. The zero-order valence-electron chi connectivity index (χ0n) is 16.9. The lowest BCUT2D eigenvalue weighted by Gasteiger charge is -2.33. The number of benzene rings is 1. The second-order valence-corrected chi connectivity index (χ2v) is 7.02. The van der Waals surface area contributed by atoms with Gasteiger partial charge in [0.2, 0.25) is 0 Å². The minimum absolute atomic E-state index is 0.0797. The second-order valence-electron chi connectivity index (χ2n) is 7.02. The Bertz CT molecular complexity index is 927. The highest BCUT2D eigenvalue weighted by Gasteiger charge is 2.27. The summed E-state index contributed by atoms with van der Waals surface area (Å²) in [6.45, 7) is 2.00. The summed E-state index contributed by atoms with van der Waals surface area (Å²) < 4.78 is 39.8. The van der Waals surface area contributed by atoms with Gasteiger partial charge in [0, 0.05) is 44.2 Å². The number of rotatable bonds is 9. The zero-order valence-corrected chi connectivity index (χ0v) is 16.9. The fourth-order valence-corrected chi connectivity index (χ4v) is 3.48. The van der Waals surface area contributed by atoms with E-state index in [0.29, 0.717) is 17.5 Å². The molecule has 3 rings (SSSR count). The summed E-state index contributed by atoms with van der Waals surface area (Å²) in [7, 11) is 0. The minimum atomic E-state index is -1.03. The summed E-state index contributed by atoms with van der Waals surface area (Å²) >= 11 is 0. The molecule has 1 aromatic carbocycles. The molecular formula is C20H25F2N3O6. The Morgan fingerprint density at radius 2 is 1.52 bits per heavy atom. The number of piperazine rings is 1. The van der Waals surface area contributed by atoms with Crippen LogP contribution in [0.5, 0.6) is 0 Å². The minimum Gasteiger partial charge on any atom is -0.465 e. The van der Waals surface area contributed by atoms with Crippen LogP contribution in [0.15, 0.2) is 18.2 Å². The Kier molecular flexibility index (Phi) is 7.77. The number of hydrogen-bond donors (Lipinski definition) is 2. The molecule has 11 heteroatoms. The van der Waals surface area contributed by atoms with Gasteiger partial charge in [0.05, 0.1) is 38.6 Å². The predicted octanol–water partition coefficient (Wildman–Crippen LogP) is 1.38. The number of fused-ring (bicyclic) bond motifs is 1. The quantitative estimate of drug-likeness (QED) is 0.570. The standard InChI is InChI=1S/C20H25F2N3O6/c21-15-11-14-12-18(19(27)23-1-3-24(4-2-23)20(28)29)25(17(14)13-16(15)22)5-7-30-9-10-31-8-6-26/h11-13,26H,1-10H2,(H,28,29). The molecule has 1 aromatic heterocycles. The van der Waals surface area contributed by atoms with E-state index in [4.69, 9.17) is 19.7 Å². The molecule has 0 spiro atoms. The molecule has 0 saturated carbocycles. The van der Waals surface area contributed by atoms with Crippen LogP contribution in [0.2, 0.25) is 0 Å². The lowest BCUT2D eigenvalue weighted by molar-refractivity contribution is 0.0309. The first-order chi connectivity index (χ1) is 14.9. The van der Waals surface area contributed by atoms with E-state index >= 15 is 0 Å². The number of aliphatic hydroxyl groups excluding tert-OH is 1. The Balaban J connectivity index is 1.75. The molecule has 2 amide bonds. The van der Waals surface area contributed by atoms with Crippen molar-refractivity contribution in [3.8, 4) is 0 Å². The van der Waals surface area contributed by atoms with Gasteiger partial charge in [-0.1, -0.05) is 0 Å². The molecule has 2 aromatic rings. The molecule has 0 aliphatic carbocycles. The maximum Gasteiger partial charge on any atom is 0.407 e. The highest BCUT2D eigenvalue weighted by Crippen LogP contribution is 2.24. The normalized spacial score (nSPS) is 14.4. The van der Waals surface area contributed by atoms with Crippen LogP contribution in [0, 0.1) is 11.6 Å². The number of halogens is 2. The molecule has 1 aliphatic rings. The number of nitrogens with zero attached hydrogens (tertiary/aromatic N) is 3. The third-order valence-corrected chi connectivity index (χ3v) is 5.07. The Labute approximate surface area is 177 Å². The van der Waals surface area contributed by atoms with Crippen LogP contribution in [0.3, 0.4) is 0 Å². The Morgan fingerprint density at radius 3 is 2.16 bits per heavy atom. The number of aromatic nitrogens is 1. The molecule has 1 aliphatic heterocycles. The van der Waals surface area contributed by atoms with Crippen molar-refractivity contribution in [3.05, 3.63) is 35.5 Å². The number of aliphatic hydroxyl groups is 1. The average molecular weight is 441 g/mol. The van der Waals surface area contributed by atoms with Crippen molar-refractivity contribution in [2.45, 2.75) is 6.54 Å².